The van der Waals surface area contributed by atoms with Crippen LogP contribution in [0.25, 0.3) is 0 Å². The Hall–Kier alpha value is -0.910. The van der Waals surface area contributed by atoms with E-state index in [9.17, 15) is 4.79 Å². The molecule has 1 aliphatic rings. The Labute approximate surface area is 106 Å². The summed E-state index contributed by atoms with van der Waals surface area (Å²) < 4.78 is 5.58. The second-order valence-corrected chi connectivity index (χ2v) is 5.26. The third-order valence-electron chi connectivity index (χ3n) is 2.81. The summed E-state index contributed by atoms with van der Waals surface area (Å²) in [5.41, 5.74) is 0. The molecule has 0 aromatic carbocycles. The number of rotatable bonds is 4. The predicted octanol–water partition coefficient (Wildman–Crippen LogP) is 0.737. The van der Waals surface area contributed by atoms with Gasteiger partial charge in [-0.1, -0.05) is 6.07 Å². The van der Waals surface area contributed by atoms with Gasteiger partial charge in [-0.2, -0.15) is 0 Å². The maximum absolute atomic E-state index is 11.9. The van der Waals surface area contributed by atoms with Crippen molar-refractivity contribution in [3.63, 3.8) is 0 Å². The van der Waals surface area contributed by atoms with E-state index < -0.39 is 0 Å². The van der Waals surface area contributed by atoms with Gasteiger partial charge in [-0.25, -0.2) is 0 Å². The highest BCUT2D eigenvalue weighted by Gasteiger charge is 2.18. The molecule has 1 aromatic rings. The van der Waals surface area contributed by atoms with Crippen molar-refractivity contribution in [2.45, 2.75) is 12.5 Å². The molecule has 94 valence electrons. The molecule has 5 heteroatoms. The number of hydrogen-bond donors (Lipinski definition) is 1. The van der Waals surface area contributed by atoms with E-state index in [1.807, 2.05) is 24.6 Å². The van der Waals surface area contributed by atoms with Crippen molar-refractivity contribution >= 4 is 17.2 Å². The molecule has 1 amide bonds. The first kappa shape index (κ1) is 12.5. The van der Waals surface area contributed by atoms with Crippen molar-refractivity contribution in [2.24, 2.45) is 0 Å². The number of nitrogens with zero attached hydrogens (tertiary/aromatic N) is 1. The van der Waals surface area contributed by atoms with Crippen LogP contribution in [0.1, 0.15) is 4.88 Å². The second-order valence-electron chi connectivity index (χ2n) is 4.23. The fourth-order valence-electron chi connectivity index (χ4n) is 1.84. The Morgan fingerprint density at radius 3 is 3.24 bits per heavy atom. The summed E-state index contributed by atoms with van der Waals surface area (Å²) in [6, 6.07) is 3.97. The van der Waals surface area contributed by atoms with Gasteiger partial charge in [0.15, 0.2) is 0 Å². The number of likely N-dealkylation sites (N-methyl/N-ethyl adjacent to an activating group) is 1. The zero-order valence-corrected chi connectivity index (χ0v) is 10.8. The quantitative estimate of drug-likeness (QED) is 0.861. The molecule has 0 aliphatic carbocycles. The van der Waals surface area contributed by atoms with Crippen LogP contribution in [0.15, 0.2) is 17.5 Å². The lowest BCUT2D eigenvalue weighted by molar-refractivity contribution is -0.131. The Balaban J connectivity index is 1.78. The van der Waals surface area contributed by atoms with Crippen LogP contribution in [-0.2, 0) is 16.0 Å². The lowest BCUT2D eigenvalue weighted by Crippen LogP contribution is -2.46. The first-order chi connectivity index (χ1) is 8.25. The summed E-state index contributed by atoms with van der Waals surface area (Å²) in [6.07, 6.45) is 0.620. The van der Waals surface area contributed by atoms with Gasteiger partial charge in [-0.3, -0.25) is 4.79 Å². The summed E-state index contributed by atoms with van der Waals surface area (Å²) in [6.45, 7) is 3.13. The molecule has 0 saturated carbocycles. The number of amides is 1. The molecule has 1 saturated heterocycles. The molecule has 1 aliphatic heterocycles. The van der Waals surface area contributed by atoms with Crippen molar-refractivity contribution in [2.75, 3.05) is 33.3 Å². The molecule has 0 radical (unpaired) electrons. The minimum absolute atomic E-state index is 0.126. The van der Waals surface area contributed by atoms with Crippen molar-refractivity contribution in [3.05, 3.63) is 22.4 Å². The Bertz CT molecular complexity index is 347. The maximum Gasteiger partial charge on any atom is 0.227 e. The molecule has 0 bridgehead atoms. The second kappa shape index (κ2) is 6.14. The maximum atomic E-state index is 11.9. The minimum Gasteiger partial charge on any atom is -0.374 e. The molecule has 1 atom stereocenters. The molecule has 2 rings (SSSR count). The summed E-state index contributed by atoms with van der Waals surface area (Å²) in [4.78, 5) is 14.8. The van der Waals surface area contributed by atoms with Gasteiger partial charge >= 0.3 is 0 Å². The summed E-state index contributed by atoms with van der Waals surface area (Å²) in [5, 5.41) is 5.26. The van der Waals surface area contributed by atoms with E-state index in [1.165, 1.54) is 0 Å². The fraction of sp³-hybridized carbons (Fsp3) is 0.583. The smallest absolute Gasteiger partial charge is 0.227 e. The highest BCUT2D eigenvalue weighted by molar-refractivity contribution is 7.10. The standard InChI is InChI=1S/C12H18N2O2S/c1-14(9-10-8-13-4-5-16-10)12(15)7-11-3-2-6-17-11/h2-3,6,10,13H,4-5,7-9H2,1H3. The SMILES string of the molecule is CN(CC1CNCCO1)C(=O)Cc1cccs1. The monoisotopic (exact) mass is 254 g/mol. The number of thiophene rings is 1. The van der Waals surface area contributed by atoms with Gasteiger partial charge in [0, 0.05) is 31.6 Å². The van der Waals surface area contributed by atoms with Crippen molar-refractivity contribution < 1.29 is 9.53 Å². The predicted molar refractivity (Wildman–Crippen MR) is 68.3 cm³/mol. The number of hydrogen-bond acceptors (Lipinski definition) is 4. The van der Waals surface area contributed by atoms with Crippen LogP contribution < -0.4 is 5.32 Å². The van der Waals surface area contributed by atoms with Gasteiger partial charge in [0.05, 0.1) is 19.1 Å². The van der Waals surface area contributed by atoms with E-state index in [0.29, 0.717) is 13.0 Å². The number of nitrogens with one attached hydrogen (secondary N) is 1. The first-order valence-corrected chi connectivity index (χ1v) is 6.72. The molecule has 17 heavy (non-hydrogen) atoms. The van der Waals surface area contributed by atoms with Gasteiger partial charge in [-0.15, -0.1) is 11.3 Å². The van der Waals surface area contributed by atoms with E-state index in [0.717, 1.165) is 24.6 Å². The number of carbonyl (C=O) groups is 1. The van der Waals surface area contributed by atoms with E-state index >= 15 is 0 Å². The van der Waals surface area contributed by atoms with Crippen LogP contribution in [0.4, 0.5) is 0 Å². The Morgan fingerprint density at radius 1 is 1.71 bits per heavy atom. The molecule has 0 spiro atoms. The third kappa shape index (κ3) is 3.80. The van der Waals surface area contributed by atoms with Gasteiger partial charge in [0.2, 0.25) is 5.91 Å². The number of carbonyl (C=O) groups excluding carboxylic acids is 1. The van der Waals surface area contributed by atoms with Crippen LogP contribution in [0.5, 0.6) is 0 Å². The zero-order chi connectivity index (χ0) is 12.1. The van der Waals surface area contributed by atoms with E-state index in [-0.39, 0.29) is 12.0 Å². The third-order valence-corrected chi connectivity index (χ3v) is 3.69. The summed E-state index contributed by atoms with van der Waals surface area (Å²) >= 11 is 1.62. The van der Waals surface area contributed by atoms with E-state index in [4.69, 9.17) is 4.74 Å². The molecule has 4 nitrogen and oxygen atoms in total. The van der Waals surface area contributed by atoms with Crippen molar-refractivity contribution in [1.82, 2.24) is 10.2 Å². The molecule has 1 N–H and O–H groups in total. The van der Waals surface area contributed by atoms with Crippen molar-refractivity contribution in [3.8, 4) is 0 Å². The molecule has 2 heterocycles. The van der Waals surface area contributed by atoms with E-state index in [2.05, 4.69) is 5.32 Å². The van der Waals surface area contributed by atoms with Crippen LogP contribution in [0, 0.1) is 0 Å². The van der Waals surface area contributed by atoms with Gasteiger partial charge in [-0.05, 0) is 11.4 Å². The Kier molecular flexibility index (Phi) is 4.53. The molecular formula is C12H18N2O2S. The summed E-state index contributed by atoms with van der Waals surface area (Å²) in [7, 11) is 1.84. The van der Waals surface area contributed by atoms with Crippen LogP contribution in [-0.4, -0.2) is 50.2 Å². The average Bonchev–Trinajstić information content (AvgIpc) is 2.83. The Morgan fingerprint density at radius 2 is 2.59 bits per heavy atom. The van der Waals surface area contributed by atoms with Crippen LogP contribution in [0.2, 0.25) is 0 Å². The van der Waals surface area contributed by atoms with Crippen LogP contribution in [0.3, 0.4) is 0 Å². The topological polar surface area (TPSA) is 41.6 Å². The van der Waals surface area contributed by atoms with Crippen molar-refractivity contribution in [1.29, 1.82) is 0 Å². The largest absolute Gasteiger partial charge is 0.374 e. The van der Waals surface area contributed by atoms with E-state index in [1.54, 1.807) is 16.2 Å². The number of ether oxygens (including phenoxy) is 1. The molecule has 1 fully saturated rings. The summed E-state index contributed by atoms with van der Waals surface area (Å²) in [5.74, 6) is 0.154. The van der Waals surface area contributed by atoms with Gasteiger partial charge in [0.25, 0.3) is 0 Å². The highest BCUT2D eigenvalue weighted by Crippen LogP contribution is 2.10. The highest BCUT2D eigenvalue weighted by atomic mass is 32.1. The lowest BCUT2D eigenvalue weighted by atomic mass is 10.2. The van der Waals surface area contributed by atoms with Crippen LogP contribution >= 0.6 is 11.3 Å². The molecule has 1 aromatic heterocycles. The van der Waals surface area contributed by atoms with Gasteiger partial charge < -0.3 is 15.0 Å². The zero-order valence-electron chi connectivity index (χ0n) is 10.0. The molecule has 1 unspecified atom stereocenters. The number of morpholine rings is 1. The molecular weight excluding hydrogens is 236 g/mol. The normalized spacial score (nSPS) is 20.2. The lowest BCUT2D eigenvalue weighted by Gasteiger charge is -2.28. The average molecular weight is 254 g/mol. The first-order valence-electron chi connectivity index (χ1n) is 5.84. The minimum atomic E-state index is 0.126. The fourth-order valence-corrected chi connectivity index (χ4v) is 2.54. The van der Waals surface area contributed by atoms with Gasteiger partial charge in [0.1, 0.15) is 0 Å².